The molecule has 1 heterocycles. The van der Waals surface area contributed by atoms with Crippen molar-refractivity contribution < 1.29 is 14.2 Å². The fourth-order valence-corrected chi connectivity index (χ4v) is 5.14. The Morgan fingerprint density at radius 2 is 1.57 bits per heavy atom. The van der Waals surface area contributed by atoms with Crippen LogP contribution >= 0.6 is 11.6 Å². The number of aromatic nitrogens is 2. The summed E-state index contributed by atoms with van der Waals surface area (Å²) in [4.78, 5) is 7.55. The predicted molar refractivity (Wildman–Crippen MR) is 174 cm³/mol. The lowest BCUT2D eigenvalue weighted by Crippen LogP contribution is -2.25. The fourth-order valence-electron chi connectivity index (χ4n) is 5.01. The second-order valence-corrected chi connectivity index (χ2v) is 11.3. The van der Waals surface area contributed by atoms with Gasteiger partial charge in [0.1, 0.15) is 22.8 Å². The molecule has 0 amide bonds. The lowest BCUT2D eigenvalue weighted by atomic mass is 10.1. The van der Waals surface area contributed by atoms with Gasteiger partial charge in [0.05, 0.1) is 24.8 Å². The number of halogens is 1. The summed E-state index contributed by atoms with van der Waals surface area (Å²) in [5, 5.41) is 0.748. The largest absolute Gasteiger partial charge is 0.493 e. The van der Waals surface area contributed by atoms with Crippen LogP contribution in [0.4, 0.5) is 0 Å². The molecule has 0 fully saturated rings. The first-order chi connectivity index (χ1) is 20.4. The molecule has 42 heavy (non-hydrogen) atoms. The zero-order valence-electron chi connectivity index (χ0n) is 25.9. The highest BCUT2D eigenvalue weighted by Gasteiger charge is 2.19. The highest BCUT2D eigenvalue weighted by Crippen LogP contribution is 2.36. The first-order valence-corrected chi connectivity index (χ1v) is 15.8. The van der Waals surface area contributed by atoms with Gasteiger partial charge in [-0.1, -0.05) is 50.9 Å². The van der Waals surface area contributed by atoms with Crippen LogP contribution in [0.15, 0.2) is 60.7 Å². The van der Waals surface area contributed by atoms with Crippen molar-refractivity contribution in [2.75, 3.05) is 32.8 Å². The molecule has 0 N–H and O–H groups in total. The minimum absolute atomic E-state index is 0.0275. The van der Waals surface area contributed by atoms with Crippen LogP contribution < -0.4 is 14.2 Å². The molecule has 6 nitrogen and oxygen atoms in total. The standard InChI is InChI=1S/C35H46ClN3O3/c1-6-9-21-39-32-24-31(40-22-10-20-38(7-2)8-3)25-33(42-26(4)5)34(32)37-35(39)28-13-17-30(18-14-28)41-23-19-27-11-15-29(36)16-12-27/h11-18,24-26H,6-10,19-23H2,1-5H3. The van der Waals surface area contributed by atoms with Gasteiger partial charge in [-0.2, -0.15) is 0 Å². The van der Waals surface area contributed by atoms with Crippen molar-refractivity contribution in [1.29, 1.82) is 0 Å². The molecule has 1 aromatic heterocycles. The molecule has 0 saturated carbocycles. The van der Waals surface area contributed by atoms with Gasteiger partial charge in [0.2, 0.25) is 0 Å². The highest BCUT2D eigenvalue weighted by molar-refractivity contribution is 6.30. The molecule has 0 aliphatic heterocycles. The number of ether oxygens (including phenoxy) is 3. The van der Waals surface area contributed by atoms with Gasteiger partial charge in [0, 0.05) is 42.2 Å². The molecule has 0 saturated heterocycles. The minimum Gasteiger partial charge on any atom is -0.493 e. The molecule has 0 bridgehead atoms. The molecule has 4 rings (SSSR count). The summed E-state index contributed by atoms with van der Waals surface area (Å²) in [6.07, 6.45) is 3.98. The van der Waals surface area contributed by atoms with Crippen molar-refractivity contribution in [3.63, 3.8) is 0 Å². The van der Waals surface area contributed by atoms with Crippen LogP contribution in [0.5, 0.6) is 17.2 Å². The zero-order valence-corrected chi connectivity index (χ0v) is 26.6. The van der Waals surface area contributed by atoms with E-state index in [1.54, 1.807) is 0 Å². The lowest BCUT2D eigenvalue weighted by Gasteiger charge is -2.18. The van der Waals surface area contributed by atoms with Gasteiger partial charge in [-0.25, -0.2) is 4.98 Å². The van der Waals surface area contributed by atoms with E-state index in [9.17, 15) is 0 Å². The molecule has 0 radical (unpaired) electrons. The number of fused-ring (bicyclic) bond motifs is 1. The van der Waals surface area contributed by atoms with Gasteiger partial charge < -0.3 is 23.7 Å². The third kappa shape index (κ3) is 8.65. The third-order valence-corrected chi connectivity index (χ3v) is 7.61. The van der Waals surface area contributed by atoms with E-state index >= 15 is 0 Å². The Labute approximate surface area is 256 Å². The van der Waals surface area contributed by atoms with E-state index in [-0.39, 0.29) is 6.10 Å². The van der Waals surface area contributed by atoms with Gasteiger partial charge in [-0.15, -0.1) is 0 Å². The summed E-state index contributed by atoms with van der Waals surface area (Å²) < 4.78 is 20.9. The van der Waals surface area contributed by atoms with Crippen LogP contribution in [0.2, 0.25) is 5.02 Å². The average Bonchev–Trinajstić information content (AvgIpc) is 3.36. The van der Waals surface area contributed by atoms with Crippen molar-refractivity contribution in [3.05, 3.63) is 71.2 Å². The van der Waals surface area contributed by atoms with Gasteiger partial charge >= 0.3 is 0 Å². The maximum atomic E-state index is 6.27. The second kappa shape index (κ2) is 15.9. The monoisotopic (exact) mass is 591 g/mol. The van der Waals surface area contributed by atoms with Crippen LogP contribution in [0, 0.1) is 0 Å². The number of hydrogen-bond donors (Lipinski definition) is 0. The Bertz CT molecular complexity index is 1380. The van der Waals surface area contributed by atoms with E-state index in [4.69, 9.17) is 30.8 Å². The molecule has 7 heteroatoms. The van der Waals surface area contributed by atoms with E-state index in [0.717, 1.165) is 96.6 Å². The number of hydrogen-bond acceptors (Lipinski definition) is 5. The molecule has 0 spiro atoms. The van der Waals surface area contributed by atoms with Crippen LogP contribution in [0.1, 0.15) is 59.4 Å². The lowest BCUT2D eigenvalue weighted by molar-refractivity contribution is 0.238. The summed E-state index contributed by atoms with van der Waals surface area (Å²) in [5.41, 5.74) is 4.16. The fraction of sp³-hybridized carbons (Fsp3) is 0.457. The summed E-state index contributed by atoms with van der Waals surface area (Å²) in [5.74, 6) is 3.36. The molecular weight excluding hydrogens is 546 g/mol. The molecule has 0 aliphatic rings. The number of unbranched alkanes of at least 4 members (excludes halogenated alkanes) is 1. The number of imidazole rings is 1. The maximum Gasteiger partial charge on any atom is 0.151 e. The van der Waals surface area contributed by atoms with Crippen LogP contribution in [-0.4, -0.2) is 53.4 Å². The summed E-state index contributed by atoms with van der Waals surface area (Å²) >= 11 is 6.00. The maximum absolute atomic E-state index is 6.27. The molecular formula is C35H46ClN3O3. The van der Waals surface area contributed by atoms with Crippen molar-refractivity contribution in [2.45, 2.75) is 73.0 Å². The minimum atomic E-state index is 0.0275. The smallest absolute Gasteiger partial charge is 0.151 e. The Morgan fingerprint density at radius 3 is 2.24 bits per heavy atom. The number of rotatable bonds is 17. The molecule has 0 aliphatic carbocycles. The Kier molecular flexibility index (Phi) is 12.0. The van der Waals surface area contributed by atoms with Gasteiger partial charge in [-0.05, 0) is 81.7 Å². The normalized spacial score (nSPS) is 11.5. The quantitative estimate of drug-likeness (QED) is 0.115. The summed E-state index contributed by atoms with van der Waals surface area (Å²) in [6, 6.07) is 20.3. The van der Waals surface area contributed by atoms with E-state index in [1.807, 2.05) is 56.3 Å². The molecule has 3 aromatic carbocycles. The van der Waals surface area contributed by atoms with Crippen molar-refractivity contribution in [1.82, 2.24) is 14.5 Å². The van der Waals surface area contributed by atoms with E-state index in [2.05, 4.69) is 48.4 Å². The topological polar surface area (TPSA) is 48.8 Å². The molecule has 0 atom stereocenters. The molecule has 4 aromatic rings. The Hall–Kier alpha value is -3.22. The van der Waals surface area contributed by atoms with Gasteiger partial charge in [0.15, 0.2) is 5.75 Å². The summed E-state index contributed by atoms with van der Waals surface area (Å²) in [7, 11) is 0. The number of aryl methyl sites for hydroxylation is 1. The number of nitrogens with zero attached hydrogens (tertiary/aromatic N) is 3. The summed E-state index contributed by atoms with van der Waals surface area (Å²) in [6.45, 7) is 16.0. The predicted octanol–water partition coefficient (Wildman–Crippen LogP) is 8.68. The molecule has 0 unspecified atom stereocenters. The van der Waals surface area contributed by atoms with Gasteiger partial charge in [0.25, 0.3) is 0 Å². The van der Waals surface area contributed by atoms with E-state index in [0.29, 0.717) is 13.2 Å². The molecule has 226 valence electrons. The first-order valence-electron chi connectivity index (χ1n) is 15.5. The van der Waals surface area contributed by atoms with Crippen LogP contribution in [-0.2, 0) is 13.0 Å². The van der Waals surface area contributed by atoms with Crippen molar-refractivity contribution >= 4 is 22.6 Å². The van der Waals surface area contributed by atoms with Crippen molar-refractivity contribution in [2.24, 2.45) is 0 Å². The Balaban J connectivity index is 1.56. The van der Waals surface area contributed by atoms with Crippen molar-refractivity contribution in [3.8, 4) is 28.6 Å². The van der Waals surface area contributed by atoms with E-state index in [1.165, 1.54) is 5.56 Å². The third-order valence-electron chi connectivity index (χ3n) is 7.36. The Morgan fingerprint density at radius 1 is 0.857 bits per heavy atom. The second-order valence-electron chi connectivity index (χ2n) is 10.9. The van der Waals surface area contributed by atoms with Crippen LogP contribution in [0.25, 0.3) is 22.4 Å². The van der Waals surface area contributed by atoms with Gasteiger partial charge in [-0.3, -0.25) is 0 Å². The SMILES string of the molecule is CCCCn1c(-c2ccc(OCCc3ccc(Cl)cc3)cc2)nc2c(OC(C)C)cc(OCCCN(CC)CC)cc21. The van der Waals surface area contributed by atoms with E-state index < -0.39 is 0 Å². The highest BCUT2D eigenvalue weighted by atomic mass is 35.5. The zero-order chi connectivity index (χ0) is 29.9. The van der Waals surface area contributed by atoms with Crippen LogP contribution in [0.3, 0.4) is 0 Å². The average molecular weight is 592 g/mol. The number of benzene rings is 3. The first kappa shape index (κ1) is 31.7.